The van der Waals surface area contributed by atoms with Gasteiger partial charge in [0.15, 0.2) is 5.65 Å². The fourth-order valence-corrected chi connectivity index (χ4v) is 6.70. The second kappa shape index (κ2) is 13.1. The first-order valence-electron chi connectivity index (χ1n) is 16.6. The lowest BCUT2D eigenvalue weighted by Crippen LogP contribution is -2.45. The van der Waals surface area contributed by atoms with Crippen molar-refractivity contribution in [2.75, 3.05) is 31.2 Å². The molecule has 2 aromatic heterocycles. The number of piperidine rings is 1. The number of esters is 1. The summed E-state index contributed by atoms with van der Waals surface area (Å²) in [5.41, 5.74) is 5.82. The summed E-state index contributed by atoms with van der Waals surface area (Å²) in [5, 5.41) is 5.17. The van der Waals surface area contributed by atoms with Crippen molar-refractivity contribution in [3.8, 4) is 5.75 Å². The number of carbonyl (C=O) groups is 1. The van der Waals surface area contributed by atoms with E-state index in [-0.39, 0.29) is 24.1 Å². The smallest absolute Gasteiger partial charge is 0.310 e. The van der Waals surface area contributed by atoms with E-state index < -0.39 is 0 Å². The van der Waals surface area contributed by atoms with Crippen LogP contribution in [0.4, 0.5) is 5.82 Å². The van der Waals surface area contributed by atoms with Gasteiger partial charge in [0.1, 0.15) is 11.6 Å². The van der Waals surface area contributed by atoms with E-state index in [0.29, 0.717) is 12.6 Å². The van der Waals surface area contributed by atoms with Crippen LogP contribution in [0.3, 0.4) is 0 Å². The van der Waals surface area contributed by atoms with Gasteiger partial charge in [-0.25, -0.2) is 4.98 Å². The summed E-state index contributed by atoms with van der Waals surface area (Å²) in [7, 11) is 0. The minimum atomic E-state index is -0.234. The molecule has 9 heteroatoms. The van der Waals surface area contributed by atoms with Crippen LogP contribution in [0, 0.1) is 13.8 Å². The quantitative estimate of drug-likeness (QED) is 0.339. The van der Waals surface area contributed by atoms with Gasteiger partial charge in [0.2, 0.25) is 0 Å². The summed E-state index contributed by atoms with van der Waals surface area (Å²) in [5.74, 6) is 1.72. The molecule has 1 unspecified atom stereocenters. The predicted molar refractivity (Wildman–Crippen MR) is 171 cm³/mol. The first kappa shape index (κ1) is 30.8. The van der Waals surface area contributed by atoms with E-state index in [2.05, 4.69) is 54.8 Å². The third-order valence-electron chi connectivity index (χ3n) is 9.49. The van der Waals surface area contributed by atoms with Crippen LogP contribution in [0.5, 0.6) is 5.75 Å². The molecule has 238 valence electrons. The number of hydrogen-bond donors (Lipinski definition) is 0. The minimum absolute atomic E-state index is 0.143. The lowest BCUT2D eigenvalue weighted by atomic mass is 9.92. The highest BCUT2D eigenvalue weighted by Gasteiger charge is 2.34. The Labute approximate surface area is 261 Å². The van der Waals surface area contributed by atoms with Crippen molar-refractivity contribution < 1.29 is 19.0 Å². The normalized spacial score (nSPS) is 23.8. The largest absolute Gasteiger partial charge is 0.490 e. The van der Waals surface area contributed by atoms with Crippen LogP contribution < -0.4 is 9.64 Å². The summed E-state index contributed by atoms with van der Waals surface area (Å²) in [6.07, 6.45) is 7.65. The zero-order valence-corrected chi connectivity index (χ0v) is 27.2. The molecule has 0 radical (unpaired) electrons. The van der Waals surface area contributed by atoms with Gasteiger partial charge in [-0.3, -0.25) is 9.69 Å². The maximum Gasteiger partial charge on any atom is 0.310 e. The fraction of sp³-hybridized carbons (Fsp3) is 0.629. The number of aryl methyl sites for hydroxylation is 2. The highest BCUT2D eigenvalue weighted by Crippen LogP contribution is 2.35. The van der Waals surface area contributed by atoms with Crippen molar-refractivity contribution in [3.05, 3.63) is 52.3 Å². The SMILES string of the molecule is CCOC(=O)Cc1c(C)nc2cc3nn2c1N1CCC(C)(CC1)OCCCCC(C)Oc1cc(C)ccc1CN(C1CC1)C3. The second-order valence-corrected chi connectivity index (χ2v) is 13.3. The molecule has 0 amide bonds. The van der Waals surface area contributed by atoms with Crippen LogP contribution in [-0.2, 0) is 33.8 Å². The molecular weight excluding hydrogens is 554 g/mol. The lowest BCUT2D eigenvalue weighted by Gasteiger charge is -2.41. The van der Waals surface area contributed by atoms with Crippen molar-refractivity contribution in [2.24, 2.45) is 0 Å². The van der Waals surface area contributed by atoms with Crippen molar-refractivity contribution in [1.29, 1.82) is 0 Å². The van der Waals surface area contributed by atoms with Crippen molar-refractivity contribution in [3.63, 3.8) is 0 Å². The van der Waals surface area contributed by atoms with Gasteiger partial charge in [0.05, 0.1) is 30.4 Å². The highest BCUT2D eigenvalue weighted by molar-refractivity contribution is 5.76. The van der Waals surface area contributed by atoms with Crippen LogP contribution >= 0.6 is 0 Å². The van der Waals surface area contributed by atoms with E-state index in [0.717, 1.165) is 99.1 Å². The Kier molecular flexibility index (Phi) is 9.15. The maximum absolute atomic E-state index is 12.8. The molecule has 1 saturated heterocycles. The monoisotopic (exact) mass is 603 g/mol. The van der Waals surface area contributed by atoms with E-state index in [1.165, 1.54) is 24.0 Å². The number of carbonyl (C=O) groups excluding carboxylic acids is 1. The molecule has 0 spiro atoms. The van der Waals surface area contributed by atoms with Crippen LogP contribution in [-0.4, -0.2) is 69.5 Å². The number of fused-ring (bicyclic) bond motifs is 10. The van der Waals surface area contributed by atoms with Gasteiger partial charge in [0, 0.05) is 61.7 Å². The summed E-state index contributed by atoms with van der Waals surface area (Å²) in [6.45, 7) is 14.7. The molecule has 4 bridgehead atoms. The highest BCUT2D eigenvalue weighted by atomic mass is 16.5. The van der Waals surface area contributed by atoms with Crippen LogP contribution in [0.2, 0.25) is 0 Å². The van der Waals surface area contributed by atoms with Crippen molar-refractivity contribution in [1.82, 2.24) is 19.5 Å². The Balaban J connectivity index is 1.39. The first-order valence-corrected chi connectivity index (χ1v) is 16.6. The number of benzene rings is 1. The van der Waals surface area contributed by atoms with E-state index in [4.69, 9.17) is 24.3 Å². The molecule has 1 aromatic carbocycles. The summed E-state index contributed by atoms with van der Waals surface area (Å²) >= 11 is 0. The zero-order chi connectivity index (χ0) is 30.8. The van der Waals surface area contributed by atoms with Gasteiger partial charge < -0.3 is 19.1 Å². The van der Waals surface area contributed by atoms with E-state index in [9.17, 15) is 4.79 Å². The second-order valence-electron chi connectivity index (χ2n) is 13.3. The molecule has 44 heavy (non-hydrogen) atoms. The number of nitrogens with zero attached hydrogens (tertiary/aromatic N) is 5. The summed E-state index contributed by atoms with van der Waals surface area (Å²) in [4.78, 5) is 22.6. The Bertz CT molecular complexity index is 1470. The van der Waals surface area contributed by atoms with Crippen molar-refractivity contribution >= 4 is 17.4 Å². The molecule has 3 aromatic rings. The molecule has 4 aliphatic rings. The molecule has 5 heterocycles. The number of ether oxygens (including phenoxy) is 3. The predicted octanol–water partition coefficient (Wildman–Crippen LogP) is 5.94. The topological polar surface area (TPSA) is 81.4 Å². The third kappa shape index (κ3) is 7.04. The van der Waals surface area contributed by atoms with Gasteiger partial charge in [0.25, 0.3) is 0 Å². The summed E-state index contributed by atoms with van der Waals surface area (Å²) in [6, 6.07) is 9.26. The number of aromatic nitrogens is 3. The van der Waals surface area contributed by atoms with E-state index >= 15 is 0 Å². The Hall–Kier alpha value is -3.17. The van der Waals surface area contributed by atoms with Crippen LogP contribution in [0.1, 0.15) is 93.8 Å². The Morgan fingerprint density at radius 3 is 2.64 bits per heavy atom. The van der Waals surface area contributed by atoms with Gasteiger partial charge in [-0.15, -0.1) is 0 Å². The third-order valence-corrected chi connectivity index (χ3v) is 9.49. The average Bonchev–Trinajstić information content (AvgIpc) is 3.75. The molecular formula is C35H49N5O4. The molecule has 1 saturated carbocycles. The summed E-state index contributed by atoms with van der Waals surface area (Å²) < 4.78 is 20.5. The van der Waals surface area contributed by atoms with Crippen LogP contribution in [0.25, 0.3) is 5.65 Å². The standard InChI is InChI=1S/C35H49N5O4/c1-6-42-33(41)21-30-26(4)36-32-20-28-23-39(29-12-13-29)22-27-11-10-24(2)19-31(27)44-25(3)9-7-8-18-43-35(5)14-16-38(17-15-35)34(30)40(32)37-28/h10-11,19-20,25,29H,6-9,12-18,21-23H2,1-5H3. The van der Waals surface area contributed by atoms with Crippen LogP contribution in [0.15, 0.2) is 24.3 Å². The molecule has 0 N–H and O–H groups in total. The molecule has 1 aliphatic carbocycles. The average molecular weight is 604 g/mol. The Morgan fingerprint density at radius 1 is 1.09 bits per heavy atom. The molecule has 9 nitrogen and oxygen atoms in total. The molecule has 1 atom stereocenters. The van der Waals surface area contributed by atoms with E-state index in [1.807, 2.05) is 18.4 Å². The number of rotatable bonds is 4. The van der Waals surface area contributed by atoms with Gasteiger partial charge >= 0.3 is 5.97 Å². The molecule has 7 rings (SSSR count). The van der Waals surface area contributed by atoms with Gasteiger partial charge in [-0.1, -0.05) is 12.1 Å². The number of anilines is 1. The fourth-order valence-electron chi connectivity index (χ4n) is 6.70. The maximum atomic E-state index is 12.8. The zero-order valence-electron chi connectivity index (χ0n) is 27.2. The number of hydrogen-bond acceptors (Lipinski definition) is 8. The molecule has 3 aliphatic heterocycles. The Morgan fingerprint density at radius 2 is 1.89 bits per heavy atom. The lowest BCUT2D eigenvalue weighted by molar-refractivity contribution is -0.142. The molecule has 2 fully saturated rings. The van der Waals surface area contributed by atoms with Gasteiger partial charge in [-0.05, 0) is 91.2 Å². The van der Waals surface area contributed by atoms with Gasteiger partial charge in [-0.2, -0.15) is 9.61 Å². The minimum Gasteiger partial charge on any atom is -0.490 e. The van der Waals surface area contributed by atoms with E-state index in [1.54, 1.807) is 0 Å². The first-order chi connectivity index (χ1) is 21.2. The van der Waals surface area contributed by atoms with Crippen molar-refractivity contribution in [2.45, 2.75) is 117 Å².